The smallest absolute Gasteiger partial charge is 0.220 e. The van der Waals surface area contributed by atoms with Crippen molar-refractivity contribution in [3.05, 3.63) is 16.4 Å². The second-order valence-corrected chi connectivity index (χ2v) is 6.75. The molecule has 6 heteroatoms. The van der Waals surface area contributed by atoms with Gasteiger partial charge >= 0.3 is 0 Å². The van der Waals surface area contributed by atoms with E-state index in [0.29, 0.717) is 30.5 Å². The van der Waals surface area contributed by atoms with E-state index in [-0.39, 0.29) is 5.91 Å². The van der Waals surface area contributed by atoms with Crippen LogP contribution in [0.2, 0.25) is 5.02 Å². The summed E-state index contributed by atoms with van der Waals surface area (Å²) in [6.07, 6.45) is 4.11. The molecule has 124 valence electrons. The number of carbonyl (C=O) groups is 1. The minimum atomic E-state index is 0.140. The van der Waals surface area contributed by atoms with Crippen LogP contribution in [-0.4, -0.2) is 47.3 Å². The number of rotatable bonds is 6. The van der Waals surface area contributed by atoms with Gasteiger partial charge in [-0.1, -0.05) is 11.6 Å². The lowest BCUT2D eigenvalue weighted by molar-refractivity contribution is -0.121. The molecule has 1 unspecified atom stereocenters. The zero-order chi connectivity index (χ0) is 16.1. The Morgan fingerprint density at radius 3 is 2.86 bits per heavy atom. The average molecular weight is 327 g/mol. The van der Waals surface area contributed by atoms with Gasteiger partial charge in [-0.05, 0) is 52.6 Å². The molecule has 22 heavy (non-hydrogen) atoms. The van der Waals surface area contributed by atoms with Crippen LogP contribution >= 0.6 is 11.6 Å². The van der Waals surface area contributed by atoms with Gasteiger partial charge in [-0.25, -0.2) is 0 Å². The van der Waals surface area contributed by atoms with Crippen LogP contribution in [0, 0.1) is 19.8 Å². The summed E-state index contributed by atoms with van der Waals surface area (Å²) < 4.78 is 1.86. The van der Waals surface area contributed by atoms with E-state index >= 15 is 0 Å². The SMILES string of the molecule is Cc1nn(CCNC(=O)CCC2CCCN(C)C2)c(C)c1Cl. The fraction of sp³-hybridized carbons (Fsp3) is 0.750. The van der Waals surface area contributed by atoms with Crippen LogP contribution in [0.15, 0.2) is 0 Å². The van der Waals surface area contributed by atoms with E-state index in [4.69, 9.17) is 11.6 Å². The number of aryl methyl sites for hydroxylation is 1. The van der Waals surface area contributed by atoms with E-state index in [9.17, 15) is 4.79 Å². The van der Waals surface area contributed by atoms with Crippen molar-refractivity contribution < 1.29 is 4.79 Å². The predicted molar refractivity (Wildman–Crippen MR) is 89.2 cm³/mol. The number of aromatic nitrogens is 2. The molecule has 1 saturated heterocycles. The van der Waals surface area contributed by atoms with Crippen molar-refractivity contribution in [3.63, 3.8) is 0 Å². The number of carbonyl (C=O) groups excluding carboxylic acids is 1. The Morgan fingerprint density at radius 2 is 2.23 bits per heavy atom. The van der Waals surface area contributed by atoms with Crippen LogP contribution in [0.3, 0.4) is 0 Å². The lowest BCUT2D eigenvalue weighted by Crippen LogP contribution is -2.33. The highest BCUT2D eigenvalue weighted by molar-refractivity contribution is 6.31. The molecule has 0 aromatic carbocycles. The molecule has 2 heterocycles. The fourth-order valence-electron chi connectivity index (χ4n) is 3.13. The van der Waals surface area contributed by atoms with E-state index < -0.39 is 0 Å². The largest absolute Gasteiger partial charge is 0.354 e. The summed E-state index contributed by atoms with van der Waals surface area (Å²) in [7, 11) is 2.16. The van der Waals surface area contributed by atoms with Crippen molar-refractivity contribution in [2.75, 3.05) is 26.7 Å². The van der Waals surface area contributed by atoms with Crippen molar-refractivity contribution in [1.29, 1.82) is 0 Å². The van der Waals surface area contributed by atoms with Gasteiger partial charge in [0.25, 0.3) is 0 Å². The van der Waals surface area contributed by atoms with Crippen molar-refractivity contribution >= 4 is 17.5 Å². The molecule has 1 aromatic heterocycles. The van der Waals surface area contributed by atoms with Crippen molar-refractivity contribution in [2.24, 2.45) is 5.92 Å². The lowest BCUT2D eigenvalue weighted by atomic mass is 9.93. The molecule has 1 aliphatic heterocycles. The monoisotopic (exact) mass is 326 g/mol. The second-order valence-electron chi connectivity index (χ2n) is 6.37. The zero-order valence-electron chi connectivity index (χ0n) is 13.9. The van der Waals surface area contributed by atoms with E-state index in [1.54, 1.807) is 0 Å². The predicted octanol–water partition coefficient (Wildman–Crippen LogP) is 2.39. The van der Waals surface area contributed by atoms with Crippen LogP contribution in [0.25, 0.3) is 0 Å². The third-order valence-electron chi connectivity index (χ3n) is 4.44. The Balaban J connectivity index is 1.66. The highest BCUT2D eigenvalue weighted by Gasteiger charge is 2.18. The third-order valence-corrected chi connectivity index (χ3v) is 4.99. The average Bonchev–Trinajstić information content (AvgIpc) is 2.73. The summed E-state index contributed by atoms with van der Waals surface area (Å²) in [5.41, 5.74) is 1.80. The van der Waals surface area contributed by atoms with Crippen LogP contribution in [-0.2, 0) is 11.3 Å². The standard InChI is InChI=1S/C16H27ClN4O/c1-12-16(17)13(2)21(19-12)10-8-18-15(22)7-6-14-5-4-9-20(3)11-14/h14H,4-11H2,1-3H3,(H,18,22). The van der Waals surface area contributed by atoms with Gasteiger partial charge in [-0.3, -0.25) is 9.48 Å². The first-order chi connectivity index (χ1) is 10.5. The molecule has 1 fully saturated rings. The Kier molecular flexibility index (Phi) is 6.26. The van der Waals surface area contributed by atoms with Crippen molar-refractivity contribution in [1.82, 2.24) is 20.0 Å². The molecule has 2 rings (SSSR count). The number of hydrogen-bond donors (Lipinski definition) is 1. The first kappa shape index (κ1) is 17.3. The maximum absolute atomic E-state index is 11.9. The molecule has 1 aromatic rings. The Morgan fingerprint density at radius 1 is 1.45 bits per heavy atom. The minimum Gasteiger partial charge on any atom is -0.354 e. The molecule has 0 spiro atoms. The molecule has 0 aliphatic carbocycles. The maximum atomic E-state index is 11.9. The van der Waals surface area contributed by atoms with Gasteiger partial charge in [-0.15, -0.1) is 0 Å². The van der Waals surface area contributed by atoms with Crippen molar-refractivity contribution in [3.8, 4) is 0 Å². The van der Waals surface area contributed by atoms with Crippen molar-refractivity contribution in [2.45, 2.75) is 46.1 Å². The topological polar surface area (TPSA) is 50.2 Å². The van der Waals surface area contributed by atoms with Gasteiger partial charge in [0.1, 0.15) is 0 Å². The van der Waals surface area contributed by atoms with Gasteiger partial charge in [0, 0.05) is 19.5 Å². The number of nitrogens with one attached hydrogen (secondary N) is 1. The highest BCUT2D eigenvalue weighted by Crippen LogP contribution is 2.20. The lowest BCUT2D eigenvalue weighted by Gasteiger charge is -2.29. The maximum Gasteiger partial charge on any atom is 0.220 e. The van der Waals surface area contributed by atoms with Crippen LogP contribution in [0.1, 0.15) is 37.1 Å². The molecule has 1 aliphatic rings. The number of nitrogens with zero attached hydrogens (tertiary/aromatic N) is 3. The fourth-order valence-corrected chi connectivity index (χ4v) is 3.26. The van der Waals surface area contributed by atoms with Crippen LogP contribution in [0.4, 0.5) is 0 Å². The van der Waals surface area contributed by atoms with Crippen LogP contribution in [0.5, 0.6) is 0 Å². The highest BCUT2D eigenvalue weighted by atomic mass is 35.5. The summed E-state index contributed by atoms with van der Waals surface area (Å²) >= 11 is 6.11. The Bertz CT molecular complexity index is 514. The molecule has 0 radical (unpaired) electrons. The molecular weight excluding hydrogens is 300 g/mol. The first-order valence-corrected chi connectivity index (χ1v) is 8.50. The molecule has 1 atom stereocenters. The van der Waals surface area contributed by atoms with Gasteiger partial charge in [-0.2, -0.15) is 5.10 Å². The summed E-state index contributed by atoms with van der Waals surface area (Å²) in [6.45, 7) is 7.42. The first-order valence-electron chi connectivity index (χ1n) is 8.12. The number of hydrogen-bond acceptors (Lipinski definition) is 3. The molecule has 5 nitrogen and oxygen atoms in total. The van der Waals surface area contributed by atoms with E-state index in [1.807, 2.05) is 18.5 Å². The van der Waals surface area contributed by atoms with Gasteiger partial charge < -0.3 is 10.2 Å². The van der Waals surface area contributed by atoms with Crippen LogP contribution < -0.4 is 5.32 Å². The number of piperidine rings is 1. The van der Waals surface area contributed by atoms with Gasteiger partial charge in [0.15, 0.2) is 0 Å². The summed E-state index contributed by atoms with van der Waals surface area (Å²) in [5.74, 6) is 0.806. The van der Waals surface area contributed by atoms with E-state index in [0.717, 1.165) is 24.4 Å². The Labute approximate surface area is 138 Å². The normalized spacial score (nSPS) is 19.4. The van der Waals surface area contributed by atoms with E-state index in [1.165, 1.54) is 19.4 Å². The quantitative estimate of drug-likeness (QED) is 0.873. The molecule has 0 saturated carbocycles. The molecule has 1 amide bonds. The molecule has 1 N–H and O–H groups in total. The summed E-state index contributed by atoms with van der Waals surface area (Å²) in [4.78, 5) is 14.3. The molecule has 0 bridgehead atoms. The summed E-state index contributed by atoms with van der Waals surface area (Å²) in [5, 5.41) is 8.06. The Hall–Kier alpha value is -1.07. The number of halogens is 1. The number of likely N-dealkylation sites (tertiary alicyclic amines) is 1. The number of amides is 1. The van der Waals surface area contributed by atoms with E-state index in [2.05, 4.69) is 22.4 Å². The third kappa shape index (κ3) is 4.71. The van der Waals surface area contributed by atoms with Gasteiger partial charge in [0.2, 0.25) is 5.91 Å². The summed E-state index contributed by atoms with van der Waals surface area (Å²) in [6, 6.07) is 0. The zero-order valence-corrected chi connectivity index (χ0v) is 14.6. The second kappa shape index (κ2) is 7.97. The van der Waals surface area contributed by atoms with Gasteiger partial charge in [0.05, 0.1) is 23.0 Å². The molecular formula is C16H27ClN4O. The minimum absolute atomic E-state index is 0.140.